The molecule has 1 fully saturated rings. The zero-order chi connectivity index (χ0) is 10.4. The smallest absolute Gasteiger partial charge is 0.337 e. The van der Waals surface area contributed by atoms with E-state index in [1.165, 1.54) is 0 Å². The molecule has 1 aliphatic heterocycles. The van der Waals surface area contributed by atoms with Crippen molar-refractivity contribution in [1.29, 1.82) is 0 Å². The van der Waals surface area contributed by atoms with Gasteiger partial charge in [0.2, 0.25) is 6.41 Å². The molecule has 0 aromatic rings. The summed E-state index contributed by atoms with van der Waals surface area (Å²) in [6.07, 6.45) is 1.79. The lowest BCUT2D eigenvalue weighted by molar-refractivity contribution is -0.176. The molecular formula is C9H15NO4. The van der Waals surface area contributed by atoms with E-state index in [1.807, 2.05) is 6.92 Å². The lowest BCUT2D eigenvalue weighted by atomic mass is 10.1. The molecule has 0 aromatic carbocycles. The van der Waals surface area contributed by atoms with Crippen LogP contribution in [0.15, 0.2) is 0 Å². The summed E-state index contributed by atoms with van der Waals surface area (Å²) in [4.78, 5) is 21.4. The van der Waals surface area contributed by atoms with Gasteiger partial charge in [0.05, 0.1) is 19.3 Å². The number of esters is 1. The molecule has 0 aliphatic carbocycles. The summed E-state index contributed by atoms with van der Waals surface area (Å²) >= 11 is 0. The number of hydrogen-bond acceptors (Lipinski definition) is 4. The molecule has 0 unspecified atom stereocenters. The Labute approximate surface area is 82.8 Å². The van der Waals surface area contributed by atoms with Crippen LogP contribution >= 0.6 is 0 Å². The molecular weight excluding hydrogens is 186 g/mol. The Morgan fingerprint density at radius 1 is 1.71 bits per heavy atom. The molecule has 0 aromatic heterocycles. The topological polar surface area (TPSA) is 64.6 Å². The highest BCUT2D eigenvalue weighted by atomic mass is 16.6. The Morgan fingerprint density at radius 3 is 3.00 bits per heavy atom. The zero-order valence-corrected chi connectivity index (χ0v) is 8.19. The van der Waals surface area contributed by atoms with Gasteiger partial charge in [0.15, 0.2) is 6.10 Å². The van der Waals surface area contributed by atoms with Crippen molar-refractivity contribution in [3.8, 4) is 0 Å². The molecule has 1 rings (SSSR count). The van der Waals surface area contributed by atoms with E-state index < -0.39 is 6.10 Å². The maximum Gasteiger partial charge on any atom is 0.337 e. The monoisotopic (exact) mass is 201 g/mol. The van der Waals surface area contributed by atoms with Crippen molar-refractivity contribution in [2.75, 3.05) is 13.2 Å². The van der Waals surface area contributed by atoms with Gasteiger partial charge >= 0.3 is 5.97 Å². The van der Waals surface area contributed by atoms with E-state index in [-0.39, 0.29) is 12.0 Å². The number of amides is 1. The average molecular weight is 201 g/mol. The van der Waals surface area contributed by atoms with Crippen molar-refractivity contribution in [2.24, 2.45) is 0 Å². The van der Waals surface area contributed by atoms with Gasteiger partial charge in [-0.2, -0.15) is 0 Å². The molecule has 0 bridgehead atoms. The quantitative estimate of drug-likeness (QED) is 0.368. The zero-order valence-electron chi connectivity index (χ0n) is 8.19. The molecule has 0 saturated carbocycles. The van der Waals surface area contributed by atoms with Crippen molar-refractivity contribution in [2.45, 2.75) is 31.9 Å². The van der Waals surface area contributed by atoms with Gasteiger partial charge in [0.25, 0.3) is 0 Å². The normalized spacial score (nSPS) is 24.9. The van der Waals surface area contributed by atoms with Crippen LogP contribution in [-0.2, 0) is 19.1 Å². The maximum atomic E-state index is 11.3. The van der Waals surface area contributed by atoms with E-state index in [1.54, 1.807) is 0 Å². The predicted octanol–water partition coefficient (Wildman–Crippen LogP) is -0.157. The Morgan fingerprint density at radius 2 is 2.50 bits per heavy atom. The van der Waals surface area contributed by atoms with Gasteiger partial charge in [-0.05, 0) is 6.42 Å². The number of hydrogen-bond donors (Lipinski definition) is 1. The molecule has 1 N–H and O–H groups in total. The summed E-state index contributed by atoms with van der Waals surface area (Å²) in [5, 5.41) is 2.50. The number of rotatable bonds is 6. The SMILES string of the molecule is CCCCOC(=O)[C@H]1OC[C@@H]1NC=O. The third-order valence-corrected chi connectivity index (χ3v) is 2.08. The van der Waals surface area contributed by atoms with Crippen LogP contribution in [0.1, 0.15) is 19.8 Å². The van der Waals surface area contributed by atoms with Crippen molar-refractivity contribution < 1.29 is 19.1 Å². The first kappa shape index (κ1) is 11.0. The fourth-order valence-corrected chi connectivity index (χ4v) is 1.14. The highest BCUT2D eigenvalue weighted by molar-refractivity contribution is 5.77. The summed E-state index contributed by atoms with van der Waals surface area (Å²) in [6.45, 7) is 2.82. The van der Waals surface area contributed by atoms with E-state index in [2.05, 4.69) is 5.32 Å². The molecule has 5 heteroatoms. The number of ether oxygens (including phenoxy) is 2. The number of carbonyl (C=O) groups is 2. The fraction of sp³-hybridized carbons (Fsp3) is 0.778. The number of unbranched alkanes of at least 4 members (excludes halogenated alkanes) is 1. The first-order valence-corrected chi connectivity index (χ1v) is 4.77. The van der Waals surface area contributed by atoms with Crippen LogP contribution in [0.2, 0.25) is 0 Å². The van der Waals surface area contributed by atoms with Gasteiger partial charge in [-0.3, -0.25) is 4.79 Å². The van der Waals surface area contributed by atoms with Crippen molar-refractivity contribution in [1.82, 2.24) is 5.32 Å². The number of nitrogens with one attached hydrogen (secondary N) is 1. The molecule has 0 spiro atoms. The molecule has 14 heavy (non-hydrogen) atoms. The van der Waals surface area contributed by atoms with Crippen LogP contribution in [0, 0.1) is 0 Å². The van der Waals surface area contributed by atoms with E-state index in [4.69, 9.17) is 9.47 Å². The first-order chi connectivity index (χ1) is 6.79. The second kappa shape index (κ2) is 5.59. The molecule has 1 amide bonds. The van der Waals surface area contributed by atoms with Gasteiger partial charge in [-0.1, -0.05) is 13.3 Å². The predicted molar refractivity (Wildman–Crippen MR) is 48.6 cm³/mol. The lowest BCUT2D eigenvalue weighted by Gasteiger charge is -2.33. The van der Waals surface area contributed by atoms with E-state index >= 15 is 0 Å². The van der Waals surface area contributed by atoms with E-state index in [0.717, 1.165) is 12.8 Å². The van der Waals surface area contributed by atoms with Crippen LogP contribution in [0.25, 0.3) is 0 Å². The molecule has 1 saturated heterocycles. The summed E-state index contributed by atoms with van der Waals surface area (Å²) in [7, 11) is 0. The second-order valence-corrected chi connectivity index (χ2v) is 3.17. The molecule has 1 heterocycles. The average Bonchev–Trinajstić information content (AvgIpc) is 2.13. The summed E-state index contributed by atoms with van der Waals surface area (Å²) in [6, 6.07) is -0.221. The van der Waals surface area contributed by atoms with Gasteiger partial charge < -0.3 is 14.8 Å². The molecule has 80 valence electrons. The van der Waals surface area contributed by atoms with Crippen molar-refractivity contribution >= 4 is 12.4 Å². The van der Waals surface area contributed by atoms with E-state index in [9.17, 15) is 9.59 Å². The minimum Gasteiger partial charge on any atom is -0.464 e. The van der Waals surface area contributed by atoms with E-state index in [0.29, 0.717) is 19.6 Å². The molecule has 2 atom stereocenters. The Balaban J connectivity index is 2.20. The van der Waals surface area contributed by atoms with Crippen LogP contribution in [0.3, 0.4) is 0 Å². The first-order valence-electron chi connectivity index (χ1n) is 4.77. The highest BCUT2D eigenvalue weighted by Crippen LogP contribution is 2.13. The van der Waals surface area contributed by atoms with Gasteiger partial charge in [0, 0.05) is 0 Å². The van der Waals surface area contributed by atoms with Gasteiger partial charge in [0.1, 0.15) is 0 Å². The molecule has 5 nitrogen and oxygen atoms in total. The summed E-state index contributed by atoms with van der Waals surface area (Å²) in [5.74, 6) is -0.385. The molecule has 1 aliphatic rings. The molecule has 0 radical (unpaired) electrons. The highest BCUT2D eigenvalue weighted by Gasteiger charge is 2.38. The van der Waals surface area contributed by atoms with Crippen molar-refractivity contribution in [3.05, 3.63) is 0 Å². The van der Waals surface area contributed by atoms with Gasteiger partial charge in [-0.15, -0.1) is 0 Å². The Kier molecular flexibility index (Phi) is 4.39. The van der Waals surface area contributed by atoms with Crippen LogP contribution < -0.4 is 5.32 Å². The van der Waals surface area contributed by atoms with Crippen LogP contribution in [0.4, 0.5) is 0 Å². The minimum absolute atomic E-state index is 0.221. The third kappa shape index (κ3) is 2.70. The number of carbonyl (C=O) groups excluding carboxylic acids is 2. The third-order valence-electron chi connectivity index (χ3n) is 2.08. The Bertz CT molecular complexity index is 207. The largest absolute Gasteiger partial charge is 0.464 e. The fourth-order valence-electron chi connectivity index (χ4n) is 1.14. The van der Waals surface area contributed by atoms with Crippen molar-refractivity contribution in [3.63, 3.8) is 0 Å². The lowest BCUT2D eigenvalue weighted by Crippen LogP contribution is -2.57. The van der Waals surface area contributed by atoms with Gasteiger partial charge in [-0.25, -0.2) is 4.79 Å². The second-order valence-electron chi connectivity index (χ2n) is 3.17. The standard InChI is InChI=1S/C9H15NO4/c1-2-3-4-13-9(12)8-7(5-14-8)10-6-11/h6-8H,2-5H2,1H3,(H,10,11)/t7-,8-/m0/s1. The summed E-state index contributed by atoms with van der Waals surface area (Å²) in [5.41, 5.74) is 0. The minimum atomic E-state index is -0.614. The van der Waals surface area contributed by atoms with Crippen LogP contribution in [-0.4, -0.2) is 37.7 Å². The van der Waals surface area contributed by atoms with Crippen LogP contribution in [0.5, 0.6) is 0 Å². The Hall–Kier alpha value is -1.10. The maximum absolute atomic E-state index is 11.3. The summed E-state index contributed by atoms with van der Waals surface area (Å²) < 4.78 is 9.94.